The van der Waals surface area contributed by atoms with E-state index < -0.39 is 0 Å². The molecule has 2 aromatic rings. The van der Waals surface area contributed by atoms with Crippen molar-refractivity contribution in [2.24, 2.45) is 0 Å². The first-order chi connectivity index (χ1) is 10.1. The predicted molar refractivity (Wildman–Crippen MR) is 90.9 cm³/mol. The Hall–Kier alpha value is -1.24. The lowest BCUT2D eigenvalue weighted by Crippen LogP contribution is -2.13. The summed E-state index contributed by atoms with van der Waals surface area (Å²) in [4.78, 5) is 0. The van der Waals surface area contributed by atoms with Gasteiger partial charge in [-0.2, -0.15) is 0 Å². The number of halogens is 2. The second-order valence-corrected chi connectivity index (χ2v) is 5.43. The molecule has 1 heterocycles. The fraction of sp³-hybridized carbons (Fsp3) is 0.400. The number of nitrogens with zero attached hydrogens (tertiary/aromatic N) is 1. The van der Waals surface area contributed by atoms with Crippen LogP contribution in [0.3, 0.4) is 0 Å². The van der Waals surface area contributed by atoms with Crippen LogP contribution < -0.4 is 14.8 Å². The van der Waals surface area contributed by atoms with Gasteiger partial charge in [0.2, 0.25) is 0 Å². The van der Waals surface area contributed by atoms with Crippen molar-refractivity contribution >= 4 is 28.3 Å². The van der Waals surface area contributed by atoms with Gasteiger partial charge in [-0.1, -0.05) is 5.16 Å². The van der Waals surface area contributed by atoms with E-state index in [0.717, 1.165) is 27.2 Å². The third-order valence-electron chi connectivity index (χ3n) is 2.89. The molecule has 0 radical (unpaired) electrons. The molecule has 0 aliphatic heterocycles. The lowest BCUT2D eigenvalue weighted by Gasteiger charge is -2.13. The molecule has 0 aliphatic rings. The quantitative estimate of drug-likeness (QED) is 0.776. The van der Waals surface area contributed by atoms with E-state index in [2.05, 4.69) is 26.4 Å². The van der Waals surface area contributed by atoms with Gasteiger partial charge in [0.1, 0.15) is 5.76 Å². The van der Waals surface area contributed by atoms with Crippen molar-refractivity contribution in [2.45, 2.75) is 26.9 Å². The summed E-state index contributed by atoms with van der Waals surface area (Å²) in [6.07, 6.45) is 0. The monoisotopic (exact) mass is 390 g/mol. The first kappa shape index (κ1) is 18.8. The highest BCUT2D eigenvalue weighted by atomic mass is 79.9. The molecule has 0 bridgehead atoms. The molecule has 5 nitrogen and oxygen atoms in total. The van der Waals surface area contributed by atoms with Crippen molar-refractivity contribution < 1.29 is 14.0 Å². The fourth-order valence-corrected chi connectivity index (χ4v) is 2.67. The zero-order valence-electron chi connectivity index (χ0n) is 12.8. The molecular weight excluding hydrogens is 372 g/mol. The summed E-state index contributed by atoms with van der Waals surface area (Å²) in [6.45, 7) is 5.79. The van der Waals surface area contributed by atoms with Crippen LogP contribution in [0.15, 0.2) is 27.2 Å². The van der Waals surface area contributed by atoms with Gasteiger partial charge in [0.05, 0.1) is 23.9 Å². The smallest absolute Gasteiger partial charge is 0.174 e. The molecule has 122 valence electrons. The average molecular weight is 392 g/mol. The van der Waals surface area contributed by atoms with Crippen molar-refractivity contribution in [2.75, 3.05) is 13.7 Å². The van der Waals surface area contributed by atoms with Crippen molar-refractivity contribution in [1.29, 1.82) is 0 Å². The molecule has 1 aromatic carbocycles. The molecule has 2 rings (SSSR count). The molecule has 0 saturated carbocycles. The van der Waals surface area contributed by atoms with Gasteiger partial charge in [0.15, 0.2) is 11.5 Å². The number of hydrogen-bond donors (Lipinski definition) is 1. The minimum absolute atomic E-state index is 0. The molecule has 0 amide bonds. The van der Waals surface area contributed by atoms with Crippen molar-refractivity contribution in [1.82, 2.24) is 10.5 Å². The van der Waals surface area contributed by atoms with E-state index in [4.69, 9.17) is 14.0 Å². The fourth-order valence-electron chi connectivity index (χ4n) is 2.02. The van der Waals surface area contributed by atoms with E-state index in [1.54, 1.807) is 7.11 Å². The number of nitrogens with one attached hydrogen (secondary N) is 1. The summed E-state index contributed by atoms with van der Waals surface area (Å²) in [5.41, 5.74) is 2.00. The molecule has 0 saturated heterocycles. The van der Waals surface area contributed by atoms with Crippen LogP contribution in [-0.2, 0) is 13.1 Å². The zero-order valence-corrected chi connectivity index (χ0v) is 15.2. The molecule has 22 heavy (non-hydrogen) atoms. The highest BCUT2D eigenvalue weighted by molar-refractivity contribution is 9.10. The predicted octanol–water partition coefficient (Wildman–Crippen LogP) is 3.86. The molecule has 0 atom stereocenters. The number of hydrogen-bond acceptors (Lipinski definition) is 5. The van der Waals surface area contributed by atoms with Gasteiger partial charge in [-0.25, -0.2) is 0 Å². The van der Waals surface area contributed by atoms with Crippen LogP contribution in [0.4, 0.5) is 0 Å². The van der Waals surface area contributed by atoms with E-state index in [-0.39, 0.29) is 12.4 Å². The highest BCUT2D eigenvalue weighted by Gasteiger charge is 2.11. The van der Waals surface area contributed by atoms with Gasteiger partial charge in [-0.3, -0.25) is 0 Å². The van der Waals surface area contributed by atoms with Crippen LogP contribution in [0, 0.1) is 6.92 Å². The molecule has 0 unspecified atom stereocenters. The Bertz CT molecular complexity index is 604. The second kappa shape index (κ2) is 9.02. The van der Waals surface area contributed by atoms with Crippen LogP contribution >= 0.6 is 28.3 Å². The zero-order chi connectivity index (χ0) is 15.2. The van der Waals surface area contributed by atoms with E-state index >= 15 is 0 Å². The highest BCUT2D eigenvalue weighted by Crippen LogP contribution is 2.36. The first-order valence-electron chi connectivity index (χ1n) is 6.76. The Balaban J connectivity index is 0.00000242. The van der Waals surface area contributed by atoms with Crippen molar-refractivity contribution in [3.05, 3.63) is 39.7 Å². The van der Waals surface area contributed by atoms with Gasteiger partial charge in [0.25, 0.3) is 0 Å². The van der Waals surface area contributed by atoms with Gasteiger partial charge in [0, 0.05) is 19.2 Å². The van der Waals surface area contributed by atoms with Crippen molar-refractivity contribution in [3.63, 3.8) is 0 Å². The molecule has 0 fully saturated rings. The Labute approximate surface area is 144 Å². The Morgan fingerprint density at radius 3 is 2.64 bits per heavy atom. The van der Waals surface area contributed by atoms with Gasteiger partial charge < -0.3 is 19.3 Å². The Morgan fingerprint density at radius 1 is 1.27 bits per heavy atom. The lowest BCUT2D eigenvalue weighted by molar-refractivity contribution is 0.309. The number of rotatable bonds is 7. The topological polar surface area (TPSA) is 56.5 Å². The molecule has 1 aromatic heterocycles. The standard InChI is InChI=1S/C15H19BrN2O3.ClH/c1-4-20-14-7-11(6-13(16)15(14)19-3)8-17-9-12-5-10(2)21-18-12;/h5-7,17H,4,8-9H2,1-3H3;1H. The largest absolute Gasteiger partial charge is 0.492 e. The Kier molecular flexibility index (Phi) is 7.72. The number of aryl methyl sites for hydroxylation is 1. The van der Waals surface area contributed by atoms with E-state index in [9.17, 15) is 0 Å². The van der Waals surface area contributed by atoms with Gasteiger partial charge in [-0.05, 0) is 47.5 Å². The molecule has 7 heteroatoms. The maximum absolute atomic E-state index is 5.61. The summed E-state index contributed by atoms with van der Waals surface area (Å²) in [5.74, 6) is 2.27. The second-order valence-electron chi connectivity index (χ2n) is 4.57. The normalized spacial score (nSPS) is 10.2. The maximum atomic E-state index is 5.61. The van der Waals surface area contributed by atoms with Gasteiger partial charge >= 0.3 is 0 Å². The van der Waals surface area contributed by atoms with Gasteiger partial charge in [-0.15, -0.1) is 12.4 Å². The lowest BCUT2D eigenvalue weighted by atomic mass is 10.2. The van der Waals surface area contributed by atoms with E-state index in [0.29, 0.717) is 25.4 Å². The number of ether oxygens (including phenoxy) is 2. The number of methoxy groups -OCH3 is 1. The molecule has 0 aliphatic carbocycles. The Morgan fingerprint density at radius 2 is 2.05 bits per heavy atom. The third-order valence-corrected chi connectivity index (χ3v) is 3.47. The third kappa shape index (κ3) is 4.90. The van der Waals surface area contributed by atoms with E-state index in [1.165, 1.54) is 0 Å². The molecular formula is C15H20BrClN2O3. The molecule has 1 N–H and O–H groups in total. The van der Waals surface area contributed by atoms with E-state index in [1.807, 2.05) is 32.0 Å². The summed E-state index contributed by atoms with van der Waals surface area (Å²) in [6, 6.07) is 5.92. The van der Waals surface area contributed by atoms with Crippen LogP contribution in [0.25, 0.3) is 0 Å². The SMILES string of the molecule is CCOc1cc(CNCc2cc(C)on2)cc(Br)c1OC.Cl. The number of benzene rings is 1. The number of aromatic nitrogens is 1. The summed E-state index contributed by atoms with van der Waals surface area (Å²) < 4.78 is 16.9. The minimum Gasteiger partial charge on any atom is -0.492 e. The van der Waals surface area contributed by atoms with Crippen molar-refractivity contribution in [3.8, 4) is 11.5 Å². The maximum Gasteiger partial charge on any atom is 0.174 e. The molecule has 0 spiro atoms. The van der Waals surface area contributed by atoms with Crippen LogP contribution in [-0.4, -0.2) is 18.9 Å². The summed E-state index contributed by atoms with van der Waals surface area (Å²) in [7, 11) is 1.63. The summed E-state index contributed by atoms with van der Waals surface area (Å²) >= 11 is 3.51. The minimum atomic E-state index is 0. The average Bonchev–Trinajstić information content (AvgIpc) is 2.85. The van der Waals surface area contributed by atoms with Crippen LogP contribution in [0.1, 0.15) is 23.9 Å². The van der Waals surface area contributed by atoms with Crippen LogP contribution in [0.5, 0.6) is 11.5 Å². The van der Waals surface area contributed by atoms with Crippen LogP contribution in [0.2, 0.25) is 0 Å². The first-order valence-corrected chi connectivity index (χ1v) is 7.55. The summed E-state index contributed by atoms with van der Waals surface area (Å²) in [5, 5.41) is 7.27.